The van der Waals surface area contributed by atoms with Gasteiger partial charge < -0.3 is 9.84 Å². The molecule has 0 aromatic carbocycles. The molecule has 0 bridgehead atoms. The highest BCUT2D eigenvalue weighted by Crippen LogP contribution is 2.59. The minimum absolute atomic E-state index is 0.171. The molecule has 190 valence electrons. The summed E-state index contributed by atoms with van der Waals surface area (Å²) in [6.07, 6.45) is 5.02. The maximum Gasteiger partial charge on any atom is 0.373 e. The first-order valence-corrected chi connectivity index (χ1v) is 11.5. The van der Waals surface area contributed by atoms with Crippen molar-refractivity contribution in [1.29, 1.82) is 0 Å². The zero-order chi connectivity index (χ0) is 26.9. The van der Waals surface area contributed by atoms with Crippen molar-refractivity contribution in [2.45, 2.75) is 92.3 Å². The van der Waals surface area contributed by atoms with E-state index in [9.17, 15) is 14.7 Å². The summed E-state index contributed by atoms with van der Waals surface area (Å²) in [6, 6.07) is 0. The smallest absolute Gasteiger partial charge is 0.373 e. The molecule has 2 unspecified atom stereocenters. The normalized spacial score (nSPS) is 30.4. The third kappa shape index (κ3) is 6.69. The molecule has 0 aromatic rings. The number of esters is 1. The summed E-state index contributed by atoms with van der Waals surface area (Å²) >= 11 is 0. The first kappa shape index (κ1) is 31.3. The van der Waals surface area contributed by atoms with Crippen LogP contribution in [0.25, 0.3) is 0 Å². The van der Waals surface area contributed by atoms with Gasteiger partial charge in [-0.3, -0.25) is 9.59 Å². The quantitative estimate of drug-likeness (QED) is 0.450. The first-order chi connectivity index (χ1) is 15.7. The first-order valence-electron chi connectivity index (χ1n) is 11.5. The maximum absolute atomic E-state index is 12.9. The van der Waals surface area contributed by atoms with Crippen LogP contribution in [-0.2, 0) is 33.5 Å². The Morgan fingerprint density at radius 3 is 2.18 bits per heavy atom. The van der Waals surface area contributed by atoms with Crippen LogP contribution in [0.5, 0.6) is 0 Å². The number of aliphatic hydroxyl groups is 1. The summed E-state index contributed by atoms with van der Waals surface area (Å²) in [4.78, 5) is 57.3. The van der Waals surface area contributed by atoms with E-state index in [1.807, 2.05) is 13.8 Å². The minimum atomic E-state index is -0.936. The van der Waals surface area contributed by atoms with Crippen molar-refractivity contribution in [3.8, 4) is 0 Å². The molecule has 2 aliphatic rings. The monoisotopic (exact) mass is 478 g/mol. The summed E-state index contributed by atoms with van der Waals surface area (Å²) in [5.74, 6) is 0.397. The van der Waals surface area contributed by atoms with Gasteiger partial charge in [0.15, 0.2) is 0 Å². The van der Waals surface area contributed by atoms with Gasteiger partial charge in [0, 0.05) is 13.3 Å². The fourth-order valence-electron chi connectivity index (χ4n) is 5.62. The van der Waals surface area contributed by atoms with Crippen molar-refractivity contribution in [2.75, 3.05) is 0 Å². The molecule has 0 aromatic heterocycles. The third-order valence-corrected chi connectivity index (χ3v) is 7.90. The number of carbonyl (C=O) groups excluding carboxylic acids is 6. The van der Waals surface area contributed by atoms with Crippen LogP contribution in [0, 0.1) is 22.7 Å². The Kier molecular flexibility index (Phi) is 11.7. The molecular formula is C26H38O8. The lowest BCUT2D eigenvalue weighted by Crippen LogP contribution is -2.51. The Balaban J connectivity index is 0.00000164. The SMILES string of the molecule is C=CC(C)(O)CC(C)[C@]1(C)C2=C([C@H](OC(C)=O)C[C@@H]1C)[C@@](C)(CC)C(=O)CC2.O=C=O.O=C=O. The molecule has 8 nitrogen and oxygen atoms in total. The van der Waals surface area contributed by atoms with E-state index in [0.717, 1.165) is 5.57 Å². The number of hydrogen-bond acceptors (Lipinski definition) is 8. The van der Waals surface area contributed by atoms with Crippen LogP contribution >= 0.6 is 0 Å². The number of ether oxygens (including phenoxy) is 1. The van der Waals surface area contributed by atoms with Crippen LogP contribution in [-0.4, -0.2) is 40.9 Å². The minimum Gasteiger partial charge on any atom is -0.458 e. The van der Waals surface area contributed by atoms with Crippen LogP contribution < -0.4 is 0 Å². The highest BCUT2D eigenvalue weighted by molar-refractivity contribution is 5.90. The van der Waals surface area contributed by atoms with Gasteiger partial charge in [-0.2, -0.15) is 19.2 Å². The van der Waals surface area contributed by atoms with Gasteiger partial charge >= 0.3 is 18.3 Å². The van der Waals surface area contributed by atoms with E-state index in [-0.39, 0.29) is 47.4 Å². The second-order valence-electron chi connectivity index (χ2n) is 9.85. The zero-order valence-corrected chi connectivity index (χ0v) is 21.4. The van der Waals surface area contributed by atoms with E-state index in [1.54, 1.807) is 13.0 Å². The van der Waals surface area contributed by atoms with Crippen LogP contribution in [0.1, 0.15) is 80.6 Å². The Hall–Kier alpha value is -2.66. The number of Topliss-reactive ketones (excluding diaryl/α,β-unsaturated/α-hetero) is 1. The molecule has 2 rings (SSSR count). The largest absolute Gasteiger partial charge is 0.458 e. The zero-order valence-electron chi connectivity index (χ0n) is 21.4. The molecule has 0 aliphatic heterocycles. The van der Waals surface area contributed by atoms with Crippen molar-refractivity contribution < 1.29 is 38.6 Å². The summed E-state index contributed by atoms with van der Waals surface area (Å²) in [5, 5.41) is 10.6. The van der Waals surface area contributed by atoms with Crippen LogP contribution in [0.15, 0.2) is 23.8 Å². The predicted molar refractivity (Wildman–Crippen MR) is 122 cm³/mol. The second-order valence-corrected chi connectivity index (χ2v) is 9.85. The second kappa shape index (κ2) is 12.7. The molecule has 0 fully saturated rings. The molecule has 2 aliphatic carbocycles. The molecule has 6 atom stereocenters. The van der Waals surface area contributed by atoms with E-state index in [0.29, 0.717) is 32.1 Å². The van der Waals surface area contributed by atoms with E-state index >= 15 is 0 Å². The Morgan fingerprint density at radius 2 is 1.76 bits per heavy atom. The number of ketones is 1. The van der Waals surface area contributed by atoms with E-state index < -0.39 is 11.0 Å². The molecule has 0 amide bonds. The molecule has 1 N–H and O–H groups in total. The molecular weight excluding hydrogens is 440 g/mol. The van der Waals surface area contributed by atoms with Gasteiger partial charge in [0.05, 0.1) is 11.0 Å². The van der Waals surface area contributed by atoms with E-state index in [4.69, 9.17) is 23.9 Å². The molecule has 0 heterocycles. The molecule has 8 heteroatoms. The molecule has 34 heavy (non-hydrogen) atoms. The Labute approximate surface area is 201 Å². The molecule has 0 spiro atoms. The van der Waals surface area contributed by atoms with Gasteiger partial charge in [-0.15, -0.1) is 6.58 Å². The van der Waals surface area contributed by atoms with Crippen molar-refractivity contribution in [3.05, 3.63) is 23.8 Å². The third-order valence-electron chi connectivity index (χ3n) is 7.90. The van der Waals surface area contributed by atoms with Crippen LogP contribution in [0.2, 0.25) is 0 Å². The fraction of sp³-hybridized carbons (Fsp3) is 0.692. The molecule has 0 saturated heterocycles. The predicted octanol–water partition coefficient (Wildman–Crippen LogP) is 3.84. The summed E-state index contributed by atoms with van der Waals surface area (Å²) in [7, 11) is 0. The van der Waals surface area contributed by atoms with Gasteiger partial charge in [0.2, 0.25) is 0 Å². The Bertz CT molecular complexity index is 846. The summed E-state index contributed by atoms with van der Waals surface area (Å²) in [5.41, 5.74) is 0.612. The Morgan fingerprint density at radius 1 is 1.26 bits per heavy atom. The van der Waals surface area contributed by atoms with Gasteiger partial charge in [-0.05, 0) is 62.4 Å². The standard InChI is InChI=1S/C24H38O4.2CO2/c1-9-22(6,27)14-16(4)24(8)15(3)13-19(28-17(5)25)21-18(24)11-12-20(26)23(21,7)10-2;2*2-1-3/h9,15-16,19,27H,1,10-14H2,2-8H3;;/t15-,16?,19+,22?,23-,24+;;/m0../s1. The number of hydrogen-bond donors (Lipinski definition) is 1. The van der Waals surface area contributed by atoms with E-state index in [1.165, 1.54) is 12.5 Å². The fourth-order valence-corrected chi connectivity index (χ4v) is 5.62. The highest BCUT2D eigenvalue weighted by atomic mass is 16.5. The topological polar surface area (TPSA) is 132 Å². The lowest BCUT2D eigenvalue weighted by molar-refractivity contribution is -0.193. The maximum atomic E-state index is 12.9. The average molecular weight is 479 g/mol. The number of rotatable bonds is 6. The van der Waals surface area contributed by atoms with Crippen molar-refractivity contribution >= 4 is 24.1 Å². The van der Waals surface area contributed by atoms with Crippen LogP contribution in [0.3, 0.4) is 0 Å². The lowest BCUT2D eigenvalue weighted by atomic mass is 9.51. The number of allylic oxidation sites excluding steroid dienone is 1. The molecule has 0 radical (unpaired) electrons. The average Bonchev–Trinajstić information content (AvgIpc) is 2.74. The lowest BCUT2D eigenvalue weighted by Gasteiger charge is -2.54. The van der Waals surface area contributed by atoms with Crippen molar-refractivity contribution in [1.82, 2.24) is 0 Å². The van der Waals surface area contributed by atoms with Crippen molar-refractivity contribution in [3.63, 3.8) is 0 Å². The van der Waals surface area contributed by atoms with Gasteiger partial charge in [-0.1, -0.05) is 39.3 Å². The van der Waals surface area contributed by atoms with Gasteiger partial charge in [-0.25, -0.2) is 0 Å². The van der Waals surface area contributed by atoms with Crippen LogP contribution in [0.4, 0.5) is 0 Å². The van der Waals surface area contributed by atoms with Crippen molar-refractivity contribution in [2.24, 2.45) is 22.7 Å². The van der Waals surface area contributed by atoms with Gasteiger partial charge in [0.1, 0.15) is 11.9 Å². The number of carbonyl (C=O) groups is 2. The van der Waals surface area contributed by atoms with E-state index in [2.05, 4.69) is 27.4 Å². The highest BCUT2D eigenvalue weighted by Gasteiger charge is 2.54. The molecule has 0 saturated carbocycles. The summed E-state index contributed by atoms with van der Waals surface area (Å²) in [6.45, 7) is 17.7. The summed E-state index contributed by atoms with van der Waals surface area (Å²) < 4.78 is 5.76. The van der Waals surface area contributed by atoms with Gasteiger partial charge in [0.25, 0.3) is 0 Å².